The minimum absolute atomic E-state index is 0.131. The molecule has 98 valence electrons. The molecule has 0 aromatic carbocycles. The van der Waals surface area contributed by atoms with Crippen molar-refractivity contribution < 1.29 is 9.63 Å². The van der Waals surface area contributed by atoms with Crippen molar-refractivity contribution in [3.63, 3.8) is 0 Å². The molecule has 0 atom stereocenters. The normalized spacial score (nSPS) is 34.7. The Kier molecular flexibility index (Phi) is 4.05. The van der Waals surface area contributed by atoms with E-state index >= 15 is 0 Å². The summed E-state index contributed by atoms with van der Waals surface area (Å²) in [7, 11) is 0. The molecule has 1 aliphatic heterocycles. The SMILES string of the molecule is CC1CCC(CN)(C(=O)N2CCCCO2)CC1. The summed E-state index contributed by atoms with van der Waals surface area (Å²) in [6.45, 7) is 4.11. The van der Waals surface area contributed by atoms with Gasteiger partial charge in [-0.05, 0) is 44.4 Å². The number of hydrogen-bond acceptors (Lipinski definition) is 3. The molecular formula is C13H24N2O2. The molecule has 0 unspecified atom stereocenters. The minimum Gasteiger partial charge on any atom is -0.329 e. The van der Waals surface area contributed by atoms with Crippen LogP contribution < -0.4 is 5.73 Å². The quantitative estimate of drug-likeness (QED) is 0.799. The highest BCUT2D eigenvalue weighted by Crippen LogP contribution is 2.39. The van der Waals surface area contributed by atoms with Gasteiger partial charge in [-0.2, -0.15) is 0 Å². The van der Waals surface area contributed by atoms with Gasteiger partial charge in [0.05, 0.1) is 12.0 Å². The first-order valence-corrected chi connectivity index (χ1v) is 6.83. The molecule has 2 rings (SSSR count). The van der Waals surface area contributed by atoms with Gasteiger partial charge < -0.3 is 5.73 Å². The van der Waals surface area contributed by atoms with Crippen LogP contribution in [0.5, 0.6) is 0 Å². The van der Waals surface area contributed by atoms with Gasteiger partial charge in [0.1, 0.15) is 0 Å². The van der Waals surface area contributed by atoms with Crippen LogP contribution >= 0.6 is 0 Å². The molecule has 2 N–H and O–H groups in total. The van der Waals surface area contributed by atoms with Gasteiger partial charge in [-0.15, -0.1) is 0 Å². The first kappa shape index (κ1) is 12.8. The predicted molar refractivity (Wildman–Crippen MR) is 66.0 cm³/mol. The standard InChI is InChI=1S/C13H24N2O2/c1-11-4-6-13(10-14,7-5-11)12(16)15-8-2-3-9-17-15/h11H,2-10,14H2,1H3. The van der Waals surface area contributed by atoms with Crippen molar-refractivity contribution in [3.8, 4) is 0 Å². The first-order valence-electron chi connectivity index (χ1n) is 6.83. The highest BCUT2D eigenvalue weighted by molar-refractivity contribution is 5.82. The molecule has 4 heteroatoms. The zero-order valence-corrected chi connectivity index (χ0v) is 10.8. The zero-order valence-electron chi connectivity index (χ0n) is 10.8. The van der Waals surface area contributed by atoms with E-state index in [1.807, 2.05) is 0 Å². The monoisotopic (exact) mass is 240 g/mol. The van der Waals surface area contributed by atoms with E-state index in [2.05, 4.69) is 6.92 Å². The molecule has 1 amide bonds. The Balaban J connectivity index is 2.03. The number of carbonyl (C=O) groups excluding carboxylic acids is 1. The lowest BCUT2D eigenvalue weighted by Gasteiger charge is -2.41. The molecule has 0 bridgehead atoms. The van der Waals surface area contributed by atoms with Gasteiger partial charge in [-0.3, -0.25) is 9.63 Å². The summed E-state index contributed by atoms with van der Waals surface area (Å²) in [6.07, 6.45) is 6.15. The number of amides is 1. The van der Waals surface area contributed by atoms with Gasteiger partial charge in [0.25, 0.3) is 5.91 Å². The second kappa shape index (κ2) is 5.36. The van der Waals surface area contributed by atoms with Gasteiger partial charge >= 0.3 is 0 Å². The number of rotatable bonds is 2. The number of carbonyl (C=O) groups is 1. The van der Waals surface area contributed by atoms with Crippen molar-refractivity contribution in [3.05, 3.63) is 0 Å². The van der Waals surface area contributed by atoms with Crippen LogP contribution in [0.15, 0.2) is 0 Å². The van der Waals surface area contributed by atoms with E-state index in [1.165, 1.54) is 0 Å². The molecule has 4 nitrogen and oxygen atoms in total. The molecule has 2 fully saturated rings. The molecule has 1 saturated heterocycles. The molecule has 17 heavy (non-hydrogen) atoms. The summed E-state index contributed by atoms with van der Waals surface area (Å²) in [6, 6.07) is 0. The fraction of sp³-hybridized carbons (Fsp3) is 0.923. The Hall–Kier alpha value is -0.610. The van der Waals surface area contributed by atoms with Gasteiger partial charge in [0.2, 0.25) is 0 Å². The predicted octanol–water partition coefficient (Wildman–Crippen LogP) is 1.70. The van der Waals surface area contributed by atoms with E-state index in [0.29, 0.717) is 13.2 Å². The van der Waals surface area contributed by atoms with Crippen LogP contribution in [0.3, 0.4) is 0 Å². The third kappa shape index (κ3) is 2.63. The van der Waals surface area contributed by atoms with Crippen molar-refractivity contribution in [1.29, 1.82) is 0 Å². The van der Waals surface area contributed by atoms with Crippen LogP contribution in [0, 0.1) is 11.3 Å². The van der Waals surface area contributed by atoms with E-state index in [1.54, 1.807) is 5.06 Å². The van der Waals surface area contributed by atoms with Gasteiger partial charge in [-0.25, -0.2) is 5.06 Å². The largest absolute Gasteiger partial charge is 0.329 e. The van der Waals surface area contributed by atoms with Gasteiger partial charge in [0.15, 0.2) is 0 Å². The van der Waals surface area contributed by atoms with Gasteiger partial charge in [-0.1, -0.05) is 6.92 Å². The smallest absolute Gasteiger partial charge is 0.253 e. The molecule has 2 aliphatic rings. The first-order chi connectivity index (χ1) is 8.18. The lowest BCUT2D eigenvalue weighted by atomic mass is 9.70. The average Bonchev–Trinajstić information content (AvgIpc) is 2.40. The topological polar surface area (TPSA) is 55.6 Å². The van der Waals surface area contributed by atoms with Crippen molar-refractivity contribution >= 4 is 5.91 Å². The zero-order chi connectivity index (χ0) is 12.3. The van der Waals surface area contributed by atoms with E-state index < -0.39 is 0 Å². The van der Waals surface area contributed by atoms with Crippen molar-refractivity contribution in [2.75, 3.05) is 19.7 Å². The summed E-state index contributed by atoms with van der Waals surface area (Å²) >= 11 is 0. The second-order valence-electron chi connectivity index (χ2n) is 5.61. The van der Waals surface area contributed by atoms with Crippen molar-refractivity contribution in [2.24, 2.45) is 17.1 Å². The fourth-order valence-corrected chi connectivity index (χ4v) is 2.84. The molecule has 1 aliphatic carbocycles. The number of nitrogens with two attached hydrogens (primary N) is 1. The maximum Gasteiger partial charge on any atom is 0.253 e. The Labute approximate surface area is 103 Å². The van der Waals surface area contributed by atoms with Crippen LogP contribution in [0.1, 0.15) is 45.4 Å². The maximum atomic E-state index is 12.5. The Morgan fingerprint density at radius 2 is 2.12 bits per heavy atom. The number of hydrogen-bond donors (Lipinski definition) is 1. The van der Waals surface area contributed by atoms with Gasteiger partial charge in [0, 0.05) is 13.1 Å². The molecule has 0 aromatic heterocycles. The Bertz CT molecular complexity index is 267. The Morgan fingerprint density at radius 1 is 1.41 bits per heavy atom. The molecule has 0 radical (unpaired) electrons. The maximum absolute atomic E-state index is 12.5. The minimum atomic E-state index is -0.343. The fourth-order valence-electron chi connectivity index (χ4n) is 2.84. The highest BCUT2D eigenvalue weighted by Gasteiger charge is 2.43. The van der Waals surface area contributed by atoms with E-state index in [4.69, 9.17) is 10.6 Å². The average molecular weight is 240 g/mol. The summed E-state index contributed by atoms with van der Waals surface area (Å²) in [5.41, 5.74) is 5.54. The molecule has 1 heterocycles. The summed E-state index contributed by atoms with van der Waals surface area (Å²) in [5.74, 6) is 0.858. The second-order valence-corrected chi connectivity index (χ2v) is 5.61. The lowest BCUT2D eigenvalue weighted by molar-refractivity contribution is -0.208. The van der Waals surface area contributed by atoms with Crippen LogP contribution in [0.25, 0.3) is 0 Å². The number of nitrogens with zero attached hydrogens (tertiary/aromatic N) is 1. The molecular weight excluding hydrogens is 216 g/mol. The van der Waals surface area contributed by atoms with Crippen LogP contribution in [-0.4, -0.2) is 30.7 Å². The third-order valence-electron chi connectivity index (χ3n) is 4.30. The summed E-state index contributed by atoms with van der Waals surface area (Å²) in [5, 5.41) is 1.58. The highest BCUT2D eigenvalue weighted by atomic mass is 16.7. The van der Waals surface area contributed by atoms with E-state index in [-0.39, 0.29) is 11.3 Å². The molecule has 1 saturated carbocycles. The van der Waals surface area contributed by atoms with Crippen LogP contribution in [0.2, 0.25) is 0 Å². The van der Waals surface area contributed by atoms with Crippen LogP contribution in [-0.2, 0) is 9.63 Å². The molecule has 0 spiro atoms. The molecule has 0 aromatic rings. The van der Waals surface area contributed by atoms with E-state index in [9.17, 15) is 4.79 Å². The summed E-state index contributed by atoms with van der Waals surface area (Å²) in [4.78, 5) is 18.0. The lowest BCUT2D eigenvalue weighted by Crippen LogP contribution is -2.51. The van der Waals surface area contributed by atoms with Crippen molar-refractivity contribution in [1.82, 2.24) is 5.06 Å². The van der Waals surface area contributed by atoms with Crippen molar-refractivity contribution in [2.45, 2.75) is 45.4 Å². The van der Waals surface area contributed by atoms with Crippen LogP contribution in [0.4, 0.5) is 0 Å². The number of hydroxylamine groups is 2. The Morgan fingerprint density at radius 3 is 2.65 bits per heavy atom. The summed E-state index contributed by atoms with van der Waals surface area (Å²) < 4.78 is 0. The third-order valence-corrected chi connectivity index (χ3v) is 4.30. The van der Waals surface area contributed by atoms with E-state index in [0.717, 1.165) is 51.0 Å².